The summed E-state index contributed by atoms with van der Waals surface area (Å²) < 4.78 is 0. The van der Waals surface area contributed by atoms with E-state index in [4.69, 9.17) is 4.99 Å². The third-order valence-corrected chi connectivity index (χ3v) is 5.05. The fourth-order valence-corrected chi connectivity index (χ4v) is 3.69. The highest BCUT2D eigenvalue weighted by atomic mass is 32.2. The van der Waals surface area contributed by atoms with E-state index in [1.54, 1.807) is 11.8 Å². The largest absolute Gasteiger partial charge is 0.352 e. The van der Waals surface area contributed by atoms with E-state index in [1.165, 1.54) is 5.56 Å². The van der Waals surface area contributed by atoms with Crippen molar-refractivity contribution in [2.24, 2.45) is 4.99 Å². The van der Waals surface area contributed by atoms with Gasteiger partial charge in [-0.15, -0.1) is 11.8 Å². The molecule has 1 aliphatic rings. The van der Waals surface area contributed by atoms with Crippen LogP contribution in [0.4, 0.5) is 0 Å². The predicted molar refractivity (Wildman–Crippen MR) is 97.4 cm³/mol. The van der Waals surface area contributed by atoms with Crippen LogP contribution in [0.15, 0.2) is 59.6 Å². The second kappa shape index (κ2) is 7.47. The number of carbonyl (C=O) groups excluding carboxylic acids is 1. The lowest BCUT2D eigenvalue weighted by atomic mass is 10.1. The molecule has 0 saturated heterocycles. The number of amides is 1. The molecule has 0 aliphatic carbocycles. The van der Waals surface area contributed by atoms with E-state index < -0.39 is 0 Å². The zero-order valence-corrected chi connectivity index (χ0v) is 14.0. The fourth-order valence-electron chi connectivity index (χ4n) is 2.58. The summed E-state index contributed by atoms with van der Waals surface area (Å²) in [5.74, 6) is 0.991. The average Bonchev–Trinajstić information content (AvgIpc) is 3.05. The zero-order chi connectivity index (χ0) is 16.1. The molecule has 2 aromatic rings. The molecule has 0 saturated carbocycles. The number of hydrogen-bond donors (Lipinski definition) is 1. The van der Waals surface area contributed by atoms with Crippen molar-refractivity contribution in [2.45, 2.75) is 19.4 Å². The van der Waals surface area contributed by atoms with Gasteiger partial charge < -0.3 is 5.32 Å². The summed E-state index contributed by atoms with van der Waals surface area (Å²) in [5, 5.41) is 4.12. The van der Waals surface area contributed by atoms with Crippen LogP contribution in [0.1, 0.15) is 27.9 Å². The smallest absolute Gasteiger partial charge is 0.251 e. The summed E-state index contributed by atoms with van der Waals surface area (Å²) in [5.41, 5.74) is 2.94. The van der Waals surface area contributed by atoms with Crippen LogP contribution in [0.3, 0.4) is 0 Å². The molecule has 3 rings (SSSR count). The Balaban J connectivity index is 1.51. The minimum Gasteiger partial charge on any atom is -0.352 e. The van der Waals surface area contributed by atoms with E-state index in [1.807, 2.05) is 49.4 Å². The van der Waals surface area contributed by atoms with Crippen LogP contribution in [-0.4, -0.2) is 29.3 Å². The molecule has 2 aromatic carbocycles. The van der Waals surface area contributed by atoms with Gasteiger partial charge in [-0.25, -0.2) is 0 Å². The molecule has 1 atom stereocenters. The van der Waals surface area contributed by atoms with Crippen LogP contribution in [0.25, 0.3) is 0 Å². The van der Waals surface area contributed by atoms with Crippen molar-refractivity contribution in [3.8, 4) is 0 Å². The van der Waals surface area contributed by atoms with Crippen LogP contribution in [0, 0.1) is 6.92 Å². The van der Waals surface area contributed by atoms with Crippen molar-refractivity contribution in [3.63, 3.8) is 0 Å². The Morgan fingerprint density at radius 3 is 2.70 bits per heavy atom. The Morgan fingerprint density at radius 2 is 1.91 bits per heavy atom. The van der Waals surface area contributed by atoms with Crippen molar-refractivity contribution in [1.29, 1.82) is 0 Å². The van der Waals surface area contributed by atoms with Crippen LogP contribution >= 0.6 is 11.8 Å². The number of nitrogens with one attached hydrogen (secondary N) is 1. The Hall–Kier alpha value is -2.07. The van der Waals surface area contributed by atoms with Crippen LogP contribution in [-0.2, 0) is 0 Å². The maximum Gasteiger partial charge on any atom is 0.251 e. The van der Waals surface area contributed by atoms with Gasteiger partial charge in [-0.2, -0.15) is 0 Å². The number of aliphatic imine (C=N–C) groups is 1. The summed E-state index contributed by atoms with van der Waals surface area (Å²) >= 11 is 1.80. The lowest BCUT2D eigenvalue weighted by Crippen LogP contribution is -2.27. The number of aryl methyl sites for hydroxylation is 1. The lowest BCUT2D eigenvalue weighted by molar-refractivity contribution is 0.0952. The Labute approximate surface area is 141 Å². The second-order valence-corrected chi connectivity index (χ2v) is 6.63. The fraction of sp³-hybridized carbons (Fsp3) is 0.263. The van der Waals surface area contributed by atoms with Crippen LogP contribution < -0.4 is 5.32 Å². The molecule has 23 heavy (non-hydrogen) atoms. The molecule has 0 fully saturated rings. The third-order valence-electron chi connectivity index (χ3n) is 3.89. The van der Waals surface area contributed by atoms with E-state index in [0.29, 0.717) is 6.54 Å². The van der Waals surface area contributed by atoms with Crippen molar-refractivity contribution in [1.82, 2.24) is 5.32 Å². The molecule has 1 heterocycles. The van der Waals surface area contributed by atoms with Gasteiger partial charge in [0.15, 0.2) is 0 Å². The van der Waals surface area contributed by atoms with Gasteiger partial charge in [-0.05, 0) is 25.0 Å². The highest BCUT2D eigenvalue weighted by Crippen LogP contribution is 2.24. The molecule has 118 valence electrons. The Bertz CT molecular complexity index is 712. The molecule has 1 amide bonds. The first-order valence-corrected chi connectivity index (χ1v) is 8.82. The first-order chi connectivity index (χ1) is 11.2. The highest BCUT2D eigenvalue weighted by Gasteiger charge is 2.19. The second-order valence-electron chi connectivity index (χ2n) is 5.62. The van der Waals surface area contributed by atoms with E-state index >= 15 is 0 Å². The number of benzene rings is 2. The van der Waals surface area contributed by atoms with Crippen molar-refractivity contribution < 1.29 is 4.79 Å². The quantitative estimate of drug-likeness (QED) is 0.911. The molecule has 0 aromatic heterocycles. The topological polar surface area (TPSA) is 41.5 Å². The molecule has 0 spiro atoms. The van der Waals surface area contributed by atoms with Gasteiger partial charge in [0.2, 0.25) is 0 Å². The number of carbonyl (C=O) groups is 1. The summed E-state index contributed by atoms with van der Waals surface area (Å²) in [4.78, 5) is 16.9. The summed E-state index contributed by atoms with van der Waals surface area (Å²) in [6.07, 6.45) is 0.876. The molecule has 0 bridgehead atoms. The van der Waals surface area contributed by atoms with Gasteiger partial charge in [0, 0.05) is 23.4 Å². The average molecular weight is 324 g/mol. The minimum atomic E-state index is 0.000937. The van der Waals surface area contributed by atoms with Gasteiger partial charge in [-0.3, -0.25) is 9.79 Å². The number of rotatable bonds is 5. The monoisotopic (exact) mass is 324 g/mol. The first-order valence-electron chi connectivity index (χ1n) is 7.84. The Kier molecular flexibility index (Phi) is 5.13. The van der Waals surface area contributed by atoms with Crippen molar-refractivity contribution in [2.75, 3.05) is 12.3 Å². The first kappa shape index (κ1) is 15.8. The van der Waals surface area contributed by atoms with Crippen molar-refractivity contribution in [3.05, 3.63) is 71.3 Å². The van der Waals surface area contributed by atoms with E-state index in [2.05, 4.69) is 17.4 Å². The third kappa shape index (κ3) is 4.02. The van der Waals surface area contributed by atoms with Gasteiger partial charge in [0.25, 0.3) is 5.91 Å². The van der Waals surface area contributed by atoms with E-state index in [9.17, 15) is 4.79 Å². The summed E-state index contributed by atoms with van der Waals surface area (Å²) in [6.45, 7) is 2.61. The van der Waals surface area contributed by atoms with E-state index in [0.717, 1.165) is 28.3 Å². The normalized spacial score (nSPS) is 16.9. The zero-order valence-electron chi connectivity index (χ0n) is 13.2. The molecule has 1 unspecified atom stereocenters. The lowest BCUT2D eigenvalue weighted by Gasteiger charge is -2.09. The summed E-state index contributed by atoms with van der Waals surface area (Å²) in [7, 11) is 0. The van der Waals surface area contributed by atoms with Crippen molar-refractivity contribution >= 4 is 22.7 Å². The number of hydrogen-bond acceptors (Lipinski definition) is 3. The predicted octanol–water partition coefficient (Wildman–Crippen LogP) is 3.68. The van der Waals surface area contributed by atoms with Crippen LogP contribution in [0.5, 0.6) is 0 Å². The minimum absolute atomic E-state index is 0.000937. The summed E-state index contributed by atoms with van der Waals surface area (Å²) in [6, 6.07) is 18.2. The van der Waals surface area contributed by atoms with E-state index in [-0.39, 0.29) is 11.9 Å². The standard InChI is InChI=1S/C19H20N2OS/c1-14-7-5-6-10-17(14)18(22)20-12-11-16-13-23-19(21-16)15-8-3-2-4-9-15/h2-10,16H,11-13H2,1H3,(H,20,22). The molecule has 1 aliphatic heterocycles. The molecule has 1 N–H and O–H groups in total. The Morgan fingerprint density at radius 1 is 1.17 bits per heavy atom. The van der Waals surface area contributed by atoms with Gasteiger partial charge >= 0.3 is 0 Å². The van der Waals surface area contributed by atoms with Gasteiger partial charge in [-0.1, -0.05) is 48.5 Å². The molecular weight excluding hydrogens is 304 g/mol. The molecular formula is C19H20N2OS. The highest BCUT2D eigenvalue weighted by molar-refractivity contribution is 8.14. The molecule has 4 heteroatoms. The number of nitrogens with zero attached hydrogens (tertiary/aromatic N) is 1. The maximum absolute atomic E-state index is 12.2. The SMILES string of the molecule is Cc1ccccc1C(=O)NCCC1CSC(c2ccccc2)=N1. The maximum atomic E-state index is 12.2. The van der Waals surface area contributed by atoms with Crippen LogP contribution in [0.2, 0.25) is 0 Å². The van der Waals surface area contributed by atoms with Gasteiger partial charge in [0.1, 0.15) is 0 Å². The number of thioether (sulfide) groups is 1. The molecule has 0 radical (unpaired) electrons. The van der Waals surface area contributed by atoms with Gasteiger partial charge in [0.05, 0.1) is 11.1 Å². The molecule has 3 nitrogen and oxygen atoms in total.